The maximum absolute atomic E-state index is 11.2. The molecule has 0 saturated heterocycles. The van der Waals surface area contributed by atoms with Crippen molar-refractivity contribution in [3.63, 3.8) is 0 Å². The predicted molar refractivity (Wildman–Crippen MR) is 62.1 cm³/mol. The van der Waals surface area contributed by atoms with Crippen LogP contribution >= 0.6 is 15.9 Å². The van der Waals surface area contributed by atoms with E-state index in [1.807, 2.05) is 27.8 Å². The molecule has 0 spiro atoms. The average Bonchev–Trinajstić information content (AvgIpc) is 2.03. The highest BCUT2D eigenvalue weighted by atomic mass is 79.9. The molecule has 64 valence electrons. The summed E-state index contributed by atoms with van der Waals surface area (Å²) in [5.74, 6) is 0. The van der Waals surface area contributed by atoms with Crippen LogP contribution in [0.1, 0.15) is 20.3 Å². The average molecular weight is 227 g/mol. The molecule has 0 atom stereocenters. The third-order valence-corrected chi connectivity index (χ3v) is 2.66. The van der Waals surface area contributed by atoms with Crippen molar-refractivity contribution in [1.82, 2.24) is 0 Å². The molecule has 0 radical (unpaired) electrons. The molecule has 0 saturated carbocycles. The number of hydrogen-bond acceptors (Lipinski definition) is 1. The fourth-order valence-corrected chi connectivity index (χ4v) is 1.61. The topological polar surface area (TPSA) is 17.1 Å². The van der Waals surface area contributed by atoms with Gasteiger partial charge in [0.15, 0.2) is 7.85 Å². The van der Waals surface area contributed by atoms with Crippen LogP contribution in [-0.2, 0) is 4.79 Å². The predicted octanol–water partition coefficient (Wildman–Crippen LogP) is 0.742. The molecule has 0 aromatic carbocycles. The van der Waals surface area contributed by atoms with E-state index >= 15 is 0 Å². The first-order valence-electron chi connectivity index (χ1n) is 4.07. The molecule has 0 heterocycles. The van der Waals surface area contributed by atoms with Crippen molar-refractivity contribution < 1.29 is 4.79 Å². The van der Waals surface area contributed by atoms with Crippen LogP contribution in [0.15, 0.2) is 21.6 Å². The molecule has 0 aromatic heterocycles. The van der Waals surface area contributed by atoms with E-state index in [1.165, 1.54) is 0 Å². The van der Waals surface area contributed by atoms with E-state index < -0.39 is 0 Å². The second-order valence-corrected chi connectivity index (χ2v) is 3.56. The van der Waals surface area contributed by atoms with Gasteiger partial charge in [-0.3, -0.25) is 0 Å². The van der Waals surface area contributed by atoms with E-state index in [1.54, 1.807) is 7.85 Å². The summed E-state index contributed by atoms with van der Waals surface area (Å²) in [5.41, 5.74) is 2.08. The smallest absolute Gasteiger partial charge is 0.193 e. The minimum absolute atomic E-state index is 0.124. The zero-order valence-electron chi connectivity index (χ0n) is 8.07. The number of rotatable bonds is 3. The van der Waals surface area contributed by atoms with Crippen LogP contribution < -0.4 is 0 Å². The molecule has 0 N–H and O–H groups in total. The van der Waals surface area contributed by atoms with Gasteiger partial charge in [0.2, 0.25) is 0 Å². The van der Waals surface area contributed by atoms with Crippen molar-refractivity contribution in [2.45, 2.75) is 20.3 Å². The normalized spacial score (nSPS) is 14.1. The molecule has 12 heavy (non-hydrogen) atoms. The number of hydrogen-bond donors (Lipinski definition) is 0. The summed E-state index contributed by atoms with van der Waals surface area (Å²) >= 11 is 3.37. The monoisotopic (exact) mass is 226 g/mol. The number of halogens is 1. The molecule has 0 aliphatic heterocycles. The Labute approximate surface area is 84.2 Å². The van der Waals surface area contributed by atoms with Gasteiger partial charge in [0.1, 0.15) is 13.5 Å². The van der Waals surface area contributed by atoms with Gasteiger partial charge >= 0.3 is 0 Å². The van der Waals surface area contributed by atoms with Crippen LogP contribution in [0.25, 0.3) is 0 Å². The van der Waals surface area contributed by atoms with Crippen LogP contribution in [0.4, 0.5) is 0 Å². The van der Waals surface area contributed by atoms with Gasteiger partial charge in [-0.2, -0.15) is 0 Å². The van der Waals surface area contributed by atoms with E-state index in [0.717, 1.165) is 21.9 Å². The molecular formula is C8H13B2BrO. The Hall–Kier alpha value is -0.240. The van der Waals surface area contributed by atoms with Crippen LogP contribution in [-0.4, -0.2) is 21.4 Å². The zero-order valence-corrected chi connectivity index (χ0v) is 9.66. The molecule has 0 unspecified atom stereocenters. The summed E-state index contributed by atoms with van der Waals surface area (Å²) in [7, 11) is 3.58. The van der Waals surface area contributed by atoms with E-state index in [9.17, 15) is 4.79 Å². The van der Waals surface area contributed by atoms with E-state index in [4.69, 9.17) is 0 Å². The quantitative estimate of drug-likeness (QED) is 0.394. The Morgan fingerprint density at radius 1 is 1.50 bits per heavy atom. The molecule has 0 amide bonds. The summed E-state index contributed by atoms with van der Waals surface area (Å²) < 4.78 is 0.898. The number of allylic oxidation sites excluding steroid dienone is 4. The maximum atomic E-state index is 11.2. The fraction of sp³-hybridized carbons (Fsp3) is 0.375. The van der Waals surface area contributed by atoms with Gasteiger partial charge in [0.05, 0.1) is 0 Å². The Morgan fingerprint density at radius 2 is 2.00 bits per heavy atom. The summed E-state index contributed by atoms with van der Waals surface area (Å²) in [6.07, 6.45) is 2.81. The molecule has 0 bridgehead atoms. The molecule has 0 aromatic rings. The highest BCUT2D eigenvalue weighted by Crippen LogP contribution is 2.20. The number of carbonyl (C=O) groups excluding carboxylic acids is 1. The van der Waals surface area contributed by atoms with E-state index in [0.29, 0.717) is 0 Å². The first kappa shape index (κ1) is 11.8. The van der Waals surface area contributed by atoms with Gasteiger partial charge in [-0.1, -0.05) is 34.4 Å². The third-order valence-electron chi connectivity index (χ3n) is 1.80. The van der Waals surface area contributed by atoms with Gasteiger partial charge in [-0.05, 0) is 13.3 Å². The van der Waals surface area contributed by atoms with Crippen LogP contribution in [0.2, 0.25) is 0 Å². The first-order valence-corrected chi connectivity index (χ1v) is 4.86. The van der Waals surface area contributed by atoms with Gasteiger partial charge in [0, 0.05) is 10.1 Å². The van der Waals surface area contributed by atoms with Crippen molar-refractivity contribution >= 4 is 37.3 Å². The minimum atomic E-state index is 0.124. The molecule has 4 heteroatoms. The zero-order chi connectivity index (χ0) is 9.72. The molecule has 0 aliphatic rings. The second kappa shape index (κ2) is 5.41. The van der Waals surface area contributed by atoms with Gasteiger partial charge < -0.3 is 4.79 Å². The molecule has 0 aliphatic carbocycles. The van der Waals surface area contributed by atoms with Gasteiger partial charge in [-0.15, -0.1) is 0 Å². The maximum Gasteiger partial charge on any atom is 0.193 e. The van der Waals surface area contributed by atoms with Crippen molar-refractivity contribution in [1.29, 1.82) is 0 Å². The lowest BCUT2D eigenvalue weighted by Gasteiger charge is -2.06. The molecule has 1 nitrogen and oxygen atoms in total. The standard InChI is InChI=1S/C8H13B2BrO/c1-3-5(9)7(8(10)12)6(11)4-2/h4H,3,9-10H2,1-2H3/b6-4+,7-5-. The Morgan fingerprint density at radius 3 is 2.25 bits per heavy atom. The molecular weight excluding hydrogens is 214 g/mol. The summed E-state index contributed by atoms with van der Waals surface area (Å²) in [6.45, 7) is 3.96. The van der Waals surface area contributed by atoms with E-state index in [-0.39, 0.29) is 5.68 Å². The lowest BCUT2D eigenvalue weighted by atomic mass is 9.81. The lowest BCUT2D eigenvalue weighted by molar-refractivity contribution is -0.108. The summed E-state index contributed by atoms with van der Waals surface area (Å²) in [6, 6.07) is 0. The molecule has 0 fully saturated rings. The lowest BCUT2D eigenvalue weighted by Crippen LogP contribution is -2.05. The van der Waals surface area contributed by atoms with Crippen molar-refractivity contribution in [2.75, 3.05) is 0 Å². The largest absolute Gasteiger partial charge is 0.307 e. The fourth-order valence-electron chi connectivity index (χ4n) is 0.994. The third kappa shape index (κ3) is 3.02. The van der Waals surface area contributed by atoms with Gasteiger partial charge in [0.25, 0.3) is 0 Å². The van der Waals surface area contributed by atoms with Crippen molar-refractivity contribution in [3.8, 4) is 0 Å². The van der Waals surface area contributed by atoms with Gasteiger partial charge in [-0.25, -0.2) is 0 Å². The summed E-state index contributed by atoms with van der Waals surface area (Å²) in [4.78, 5) is 11.2. The van der Waals surface area contributed by atoms with Crippen molar-refractivity contribution in [2.24, 2.45) is 0 Å². The summed E-state index contributed by atoms with van der Waals surface area (Å²) in [5, 5.41) is 0. The Bertz CT molecular complexity index is 243. The second-order valence-electron chi connectivity index (χ2n) is 2.70. The SMILES string of the molecule is BC(=O)C(=C(\B)CC)/C(Br)=C\C. The first-order chi connectivity index (χ1) is 5.54. The number of carbonyl (C=O) groups is 1. The van der Waals surface area contributed by atoms with Crippen LogP contribution in [0.3, 0.4) is 0 Å². The van der Waals surface area contributed by atoms with Crippen LogP contribution in [0.5, 0.6) is 0 Å². The highest BCUT2D eigenvalue weighted by molar-refractivity contribution is 9.12. The minimum Gasteiger partial charge on any atom is -0.307 e. The highest BCUT2D eigenvalue weighted by Gasteiger charge is 2.08. The Kier molecular flexibility index (Phi) is 5.31. The van der Waals surface area contributed by atoms with E-state index in [2.05, 4.69) is 15.9 Å². The Balaban J connectivity index is 5.06. The van der Waals surface area contributed by atoms with Crippen LogP contribution in [0, 0.1) is 0 Å². The molecule has 0 rings (SSSR count). The van der Waals surface area contributed by atoms with Crippen molar-refractivity contribution in [3.05, 3.63) is 21.6 Å².